The van der Waals surface area contributed by atoms with Gasteiger partial charge in [-0.05, 0) is 48.5 Å². The van der Waals surface area contributed by atoms with Crippen LogP contribution in [0.1, 0.15) is 20.7 Å². The highest BCUT2D eigenvalue weighted by Gasteiger charge is 2.18. The predicted molar refractivity (Wildman–Crippen MR) is 111 cm³/mol. The number of hydrogen-bond donors (Lipinski definition) is 1. The van der Waals surface area contributed by atoms with E-state index in [0.717, 1.165) is 27.9 Å². The zero-order chi connectivity index (χ0) is 19.2. The number of allylic oxidation sites excluding steroid dienone is 1. The number of halogens is 2. The van der Waals surface area contributed by atoms with Crippen molar-refractivity contribution in [3.8, 4) is 0 Å². The van der Waals surface area contributed by atoms with Gasteiger partial charge in [0.1, 0.15) is 12.4 Å². The summed E-state index contributed by atoms with van der Waals surface area (Å²) in [5.41, 5.74) is 1.14. The van der Waals surface area contributed by atoms with E-state index in [9.17, 15) is 9.59 Å². The predicted octanol–water partition coefficient (Wildman–Crippen LogP) is 4.00. The Morgan fingerprint density at radius 1 is 1.00 bits per heavy atom. The van der Waals surface area contributed by atoms with Crippen molar-refractivity contribution < 1.29 is 14.3 Å². The quantitative estimate of drug-likeness (QED) is 0.374. The van der Waals surface area contributed by atoms with Crippen molar-refractivity contribution in [2.75, 3.05) is 26.2 Å². The summed E-state index contributed by atoms with van der Waals surface area (Å²) in [6.07, 6.45) is 1.59. The highest BCUT2D eigenvalue weighted by molar-refractivity contribution is 9.10. The first kappa shape index (κ1) is 19.6. The first-order valence-corrected chi connectivity index (χ1v) is 10.0. The maximum absolute atomic E-state index is 12.4. The van der Waals surface area contributed by atoms with Crippen LogP contribution in [0, 0.1) is 0 Å². The molecule has 1 saturated heterocycles. The molecular weight excluding hydrogens is 476 g/mol. The van der Waals surface area contributed by atoms with Gasteiger partial charge in [0, 0.05) is 33.7 Å². The second-order valence-corrected chi connectivity index (χ2v) is 7.79. The average Bonchev–Trinajstić information content (AvgIpc) is 3.09. The van der Waals surface area contributed by atoms with E-state index in [2.05, 4.69) is 37.2 Å². The Bertz CT molecular complexity index is 849. The van der Waals surface area contributed by atoms with Gasteiger partial charge in [-0.15, -0.1) is 0 Å². The van der Waals surface area contributed by atoms with Crippen molar-refractivity contribution in [1.29, 1.82) is 0 Å². The summed E-state index contributed by atoms with van der Waals surface area (Å²) < 4.78 is 7.18. The molecule has 0 aromatic heterocycles. The van der Waals surface area contributed by atoms with E-state index >= 15 is 0 Å². The number of ether oxygens (including phenoxy) is 1. The fraction of sp³-hybridized carbons (Fsp3) is 0.200. The van der Waals surface area contributed by atoms with Gasteiger partial charge in [0.15, 0.2) is 5.78 Å². The Balaban J connectivity index is 1.55. The van der Waals surface area contributed by atoms with Crippen molar-refractivity contribution >= 4 is 43.6 Å². The molecule has 0 atom stereocenters. The molecule has 2 aromatic carbocycles. The lowest BCUT2D eigenvalue weighted by Crippen LogP contribution is -2.26. The van der Waals surface area contributed by atoms with Crippen molar-refractivity contribution in [3.63, 3.8) is 0 Å². The molecule has 0 spiro atoms. The fourth-order valence-corrected chi connectivity index (χ4v) is 3.19. The molecule has 1 heterocycles. The smallest absolute Gasteiger partial charge is 0.338 e. The molecule has 2 aromatic rings. The summed E-state index contributed by atoms with van der Waals surface area (Å²) in [5, 5.41) is 3.21. The number of carbonyl (C=O) groups is 2. The summed E-state index contributed by atoms with van der Waals surface area (Å²) in [6.45, 7) is 2.28. The monoisotopic (exact) mass is 492 g/mol. The SMILES string of the molecule is O=C(/C=C1\NCCN1CCOC(=O)c1ccc(Br)cc1)c1ccc(Br)cc1. The fourth-order valence-electron chi connectivity index (χ4n) is 2.67. The third kappa shape index (κ3) is 5.43. The van der Waals surface area contributed by atoms with Crippen LogP contribution in [0.5, 0.6) is 0 Å². The van der Waals surface area contributed by atoms with Gasteiger partial charge in [0.05, 0.1) is 12.1 Å². The number of rotatable bonds is 6. The molecular formula is C20H18Br2N2O3. The maximum Gasteiger partial charge on any atom is 0.338 e. The maximum atomic E-state index is 12.4. The third-order valence-electron chi connectivity index (χ3n) is 4.10. The second-order valence-electron chi connectivity index (χ2n) is 5.96. The van der Waals surface area contributed by atoms with E-state index in [4.69, 9.17) is 4.74 Å². The molecule has 5 nitrogen and oxygen atoms in total. The summed E-state index contributed by atoms with van der Waals surface area (Å²) >= 11 is 6.70. The van der Waals surface area contributed by atoms with Gasteiger partial charge in [0.25, 0.3) is 0 Å². The number of nitrogens with one attached hydrogen (secondary N) is 1. The van der Waals surface area contributed by atoms with E-state index in [1.54, 1.807) is 42.5 Å². The zero-order valence-electron chi connectivity index (χ0n) is 14.5. The molecule has 0 radical (unpaired) electrons. The first-order valence-electron chi connectivity index (χ1n) is 8.46. The minimum atomic E-state index is -0.355. The number of hydrogen-bond acceptors (Lipinski definition) is 5. The number of esters is 1. The van der Waals surface area contributed by atoms with Gasteiger partial charge in [-0.2, -0.15) is 0 Å². The Morgan fingerprint density at radius 2 is 1.59 bits per heavy atom. The molecule has 7 heteroatoms. The third-order valence-corrected chi connectivity index (χ3v) is 5.16. The van der Waals surface area contributed by atoms with Gasteiger partial charge in [-0.3, -0.25) is 4.79 Å². The molecule has 1 N–H and O–H groups in total. The van der Waals surface area contributed by atoms with Gasteiger partial charge in [-0.25, -0.2) is 4.79 Å². The lowest BCUT2D eigenvalue weighted by Gasteiger charge is -2.18. The van der Waals surface area contributed by atoms with Crippen LogP contribution in [0.25, 0.3) is 0 Å². The lowest BCUT2D eigenvalue weighted by atomic mass is 10.1. The molecule has 3 rings (SSSR count). The highest BCUT2D eigenvalue weighted by Crippen LogP contribution is 2.14. The molecule has 0 saturated carbocycles. The molecule has 0 unspecified atom stereocenters. The van der Waals surface area contributed by atoms with Crippen LogP contribution in [0.4, 0.5) is 0 Å². The molecule has 0 bridgehead atoms. The highest BCUT2D eigenvalue weighted by atomic mass is 79.9. The van der Waals surface area contributed by atoms with Crippen LogP contribution in [0.3, 0.4) is 0 Å². The van der Waals surface area contributed by atoms with E-state index in [1.165, 1.54) is 0 Å². The van der Waals surface area contributed by atoms with Gasteiger partial charge in [-0.1, -0.05) is 31.9 Å². The lowest BCUT2D eigenvalue weighted by molar-refractivity contribution is 0.0480. The Morgan fingerprint density at radius 3 is 2.22 bits per heavy atom. The zero-order valence-corrected chi connectivity index (χ0v) is 17.6. The number of benzene rings is 2. The van der Waals surface area contributed by atoms with E-state index in [0.29, 0.717) is 17.7 Å². The van der Waals surface area contributed by atoms with Gasteiger partial charge >= 0.3 is 5.97 Å². The normalized spacial score (nSPS) is 14.9. The standard InChI is InChI=1S/C20H18Br2N2O3/c21-16-5-1-14(2-6-16)18(25)13-19-23-9-10-24(19)11-12-27-20(26)15-3-7-17(22)8-4-15/h1-8,13,23H,9-12H2/b19-13+. The van der Waals surface area contributed by atoms with E-state index in [1.807, 2.05) is 17.0 Å². The average molecular weight is 494 g/mol. The molecule has 0 amide bonds. The second kappa shape index (κ2) is 9.19. The van der Waals surface area contributed by atoms with Gasteiger partial charge < -0.3 is 15.0 Å². The van der Waals surface area contributed by atoms with Crippen LogP contribution >= 0.6 is 31.9 Å². The van der Waals surface area contributed by atoms with Crippen LogP contribution < -0.4 is 5.32 Å². The molecule has 1 fully saturated rings. The van der Waals surface area contributed by atoms with Crippen molar-refractivity contribution in [1.82, 2.24) is 10.2 Å². The van der Waals surface area contributed by atoms with E-state index in [-0.39, 0.29) is 18.4 Å². The minimum absolute atomic E-state index is 0.0660. The Kier molecular flexibility index (Phi) is 6.68. The summed E-state index contributed by atoms with van der Waals surface area (Å²) in [4.78, 5) is 26.5. The first-order chi connectivity index (χ1) is 13.0. The summed E-state index contributed by atoms with van der Waals surface area (Å²) in [6, 6.07) is 14.3. The Labute approximate surface area is 174 Å². The number of nitrogens with zero attached hydrogens (tertiary/aromatic N) is 1. The van der Waals surface area contributed by atoms with E-state index < -0.39 is 0 Å². The summed E-state index contributed by atoms with van der Waals surface area (Å²) in [7, 11) is 0. The van der Waals surface area contributed by atoms with Crippen LogP contribution in [-0.4, -0.2) is 42.9 Å². The summed E-state index contributed by atoms with van der Waals surface area (Å²) in [5.74, 6) is 0.331. The molecule has 1 aliphatic rings. The minimum Gasteiger partial charge on any atom is -0.460 e. The number of carbonyl (C=O) groups excluding carboxylic acids is 2. The van der Waals surface area contributed by atoms with Crippen molar-refractivity contribution in [3.05, 3.63) is 80.5 Å². The topological polar surface area (TPSA) is 58.6 Å². The van der Waals surface area contributed by atoms with Crippen LogP contribution in [0.2, 0.25) is 0 Å². The van der Waals surface area contributed by atoms with Crippen molar-refractivity contribution in [2.45, 2.75) is 0 Å². The Hall–Kier alpha value is -2.12. The molecule has 1 aliphatic heterocycles. The number of ketones is 1. The largest absolute Gasteiger partial charge is 0.460 e. The van der Waals surface area contributed by atoms with Crippen LogP contribution in [-0.2, 0) is 4.74 Å². The molecule has 0 aliphatic carbocycles. The molecule has 27 heavy (non-hydrogen) atoms. The van der Waals surface area contributed by atoms with Crippen molar-refractivity contribution in [2.24, 2.45) is 0 Å². The molecule has 140 valence electrons. The van der Waals surface area contributed by atoms with Crippen LogP contribution in [0.15, 0.2) is 69.4 Å². The van der Waals surface area contributed by atoms with Gasteiger partial charge in [0.2, 0.25) is 0 Å².